The van der Waals surface area contributed by atoms with E-state index in [1.807, 2.05) is 13.8 Å². The number of methoxy groups -OCH3 is 2. The highest BCUT2D eigenvalue weighted by Crippen LogP contribution is 2.35. The first kappa shape index (κ1) is 34.2. The quantitative estimate of drug-likeness (QED) is 0.170. The Morgan fingerprint density at radius 3 is 2.43 bits per heavy atom. The standard InChI is InChI=1S/C31H40ClN5O7/c1-18(2)27(29(39)42-7)37-26(38)13-19-9-10-20(32)14-22(19)36-28-21-15-25(24(41-6)16-23(21)34-17-35-28)43-12-8-11-33-30(40)44-31(3,4)5/h9-10,14-18,27H,8,11-13H2,1-7H3,(H,33,40)(H,37,38)(H,34,35,36). The zero-order valence-corrected chi connectivity index (χ0v) is 26.8. The van der Waals surface area contributed by atoms with Crippen molar-refractivity contribution >= 4 is 52.0 Å². The number of carbonyl (C=O) groups excluding carboxylic acids is 3. The maximum atomic E-state index is 12.9. The molecule has 3 aromatic rings. The molecule has 2 amide bonds. The maximum absolute atomic E-state index is 12.9. The molecule has 0 aliphatic rings. The van der Waals surface area contributed by atoms with Crippen molar-refractivity contribution in [3.8, 4) is 11.5 Å². The molecule has 3 rings (SSSR count). The van der Waals surface area contributed by atoms with Crippen LogP contribution in [0.3, 0.4) is 0 Å². The number of fused-ring (bicyclic) bond motifs is 1. The zero-order valence-electron chi connectivity index (χ0n) is 26.1. The molecular formula is C31H40ClN5O7. The zero-order chi connectivity index (χ0) is 32.4. The van der Waals surface area contributed by atoms with Gasteiger partial charge >= 0.3 is 12.1 Å². The van der Waals surface area contributed by atoms with Gasteiger partial charge in [-0.15, -0.1) is 0 Å². The molecule has 0 saturated heterocycles. The van der Waals surface area contributed by atoms with Gasteiger partial charge in [0.25, 0.3) is 0 Å². The largest absolute Gasteiger partial charge is 0.493 e. The molecule has 1 atom stereocenters. The van der Waals surface area contributed by atoms with Crippen LogP contribution in [-0.4, -0.2) is 67.0 Å². The number of esters is 1. The van der Waals surface area contributed by atoms with E-state index in [1.54, 1.807) is 51.1 Å². The molecule has 238 valence electrons. The number of aromatic nitrogens is 2. The minimum Gasteiger partial charge on any atom is -0.493 e. The summed E-state index contributed by atoms with van der Waals surface area (Å²) >= 11 is 6.32. The molecule has 0 aliphatic carbocycles. The van der Waals surface area contributed by atoms with E-state index >= 15 is 0 Å². The number of anilines is 2. The second-order valence-electron chi connectivity index (χ2n) is 11.3. The van der Waals surface area contributed by atoms with E-state index in [-0.39, 0.29) is 18.2 Å². The number of halogens is 1. The minimum absolute atomic E-state index is 0.0255. The van der Waals surface area contributed by atoms with Crippen LogP contribution in [0.1, 0.15) is 46.6 Å². The van der Waals surface area contributed by atoms with Crippen molar-refractivity contribution in [2.45, 2.75) is 59.1 Å². The van der Waals surface area contributed by atoms with Gasteiger partial charge in [-0.1, -0.05) is 31.5 Å². The van der Waals surface area contributed by atoms with Gasteiger partial charge in [0.05, 0.1) is 32.8 Å². The lowest BCUT2D eigenvalue weighted by molar-refractivity contribution is -0.146. The molecule has 1 heterocycles. The first-order chi connectivity index (χ1) is 20.8. The van der Waals surface area contributed by atoms with Crippen molar-refractivity contribution in [3.63, 3.8) is 0 Å². The highest BCUT2D eigenvalue weighted by molar-refractivity contribution is 6.31. The number of ether oxygens (including phenoxy) is 4. The average molecular weight is 630 g/mol. The molecule has 12 nitrogen and oxygen atoms in total. The first-order valence-corrected chi connectivity index (χ1v) is 14.5. The molecule has 2 aromatic carbocycles. The van der Waals surface area contributed by atoms with Crippen LogP contribution in [0.2, 0.25) is 5.02 Å². The fourth-order valence-corrected chi connectivity index (χ4v) is 4.34. The number of hydrogen-bond acceptors (Lipinski definition) is 10. The molecule has 1 aromatic heterocycles. The van der Waals surface area contributed by atoms with Crippen molar-refractivity contribution < 1.29 is 33.3 Å². The van der Waals surface area contributed by atoms with Crippen molar-refractivity contribution in [1.29, 1.82) is 0 Å². The fourth-order valence-electron chi connectivity index (χ4n) is 4.16. The summed E-state index contributed by atoms with van der Waals surface area (Å²) in [5.74, 6) is 0.372. The van der Waals surface area contributed by atoms with Gasteiger partial charge in [0, 0.05) is 28.7 Å². The topological polar surface area (TPSA) is 150 Å². The molecule has 0 radical (unpaired) electrons. The molecule has 0 aliphatic heterocycles. The van der Waals surface area contributed by atoms with Gasteiger partial charge < -0.3 is 34.9 Å². The van der Waals surface area contributed by atoms with E-state index in [1.165, 1.54) is 20.5 Å². The Morgan fingerprint density at radius 1 is 1.02 bits per heavy atom. The van der Waals surface area contributed by atoms with Crippen molar-refractivity contribution in [3.05, 3.63) is 47.2 Å². The minimum atomic E-state index is -0.775. The molecular weight excluding hydrogens is 590 g/mol. The molecule has 0 spiro atoms. The maximum Gasteiger partial charge on any atom is 0.407 e. The van der Waals surface area contributed by atoms with Crippen molar-refractivity contribution in [2.75, 3.05) is 32.7 Å². The van der Waals surface area contributed by atoms with Crippen molar-refractivity contribution in [2.24, 2.45) is 5.92 Å². The van der Waals surface area contributed by atoms with Crippen LogP contribution < -0.4 is 25.4 Å². The summed E-state index contributed by atoms with van der Waals surface area (Å²) in [4.78, 5) is 45.8. The van der Waals surface area contributed by atoms with Crippen LogP contribution in [0.5, 0.6) is 11.5 Å². The van der Waals surface area contributed by atoms with Crippen LogP contribution in [-0.2, 0) is 25.5 Å². The second-order valence-corrected chi connectivity index (χ2v) is 11.7. The number of nitrogens with zero attached hydrogens (tertiary/aromatic N) is 2. The van der Waals surface area contributed by atoms with Gasteiger partial charge in [-0.05, 0) is 56.9 Å². The van der Waals surface area contributed by atoms with Gasteiger partial charge in [-0.3, -0.25) is 4.79 Å². The lowest BCUT2D eigenvalue weighted by atomic mass is 10.0. The predicted molar refractivity (Wildman–Crippen MR) is 168 cm³/mol. The SMILES string of the molecule is COC(=O)C(NC(=O)Cc1ccc(Cl)cc1Nc1ncnc2cc(OC)c(OCCCNC(=O)OC(C)(C)C)cc12)C(C)C. The third-order valence-electron chi connectivity index (χ3n) is 6.28. The molecule has 0 saturated carbocycles. The Kier molecular flexibility index (Phi) is 12.0. The summed E-state index contributed by atoms with van der Waals surface area (Å²) in [5.41, 5.74) is 1.20. The van der Waals surface area contributed by atoms with E-state index in [2.05, 4.69) is 25.9 Å². The van der Waals surface area contributed by atoms with Crippen LogP contribution in [0, 0.1) is 5.92 Å². The number of amides is 2. The van der Waals surface area contributed by atoms with Crippen molar-refractivity contribution in [1.82, 2.24) is 20.6 Å². The monoisotopic (exact) mass is 629 g/mol. The molecule has 0 bridgehead atoms. The first-order valence-electron chi connectivity index (χ1n) is 14.2. The molecule has 3 N–H and O–H groups in total. The summed E-state index contributed by atoms with van der Waals surface area (Å²) < 4.78 is 21.6. The van der Waals surface area contributed by atoms with E-state index in [0.717, 1.165) is 0 Å². The van der Waals surface area contributed by atoms with Gasteiger partial charge in [0.1, 0.15) is 23.8 Å². The summed E-state index contributed by atoms with van der Waals surface area (Å²) in [6.45, 7) is 9.71. The Hall–Kier alpha value is -4.32. The number of carbonyl (C=O) groups is 3. The smallest absolute Gasteiger partial charge is 0.407 e. The number of nitrogens with one attached hydrogen (secondary N) is 3. The third-order valence-corrected chi connectivity index (χ3v) is 6.52. The lowest BCUT2D eigenvalue weighted by Gasteiger charge is -2.20. The Labute approximate surface area is 262 Å². The molecule has 13 heteroatoms. The summed E-state index contributed by atoms with van der Waals surface area (Å²) in [7, 11) is 2.82. The molecule has 0 fully saturated rings. The molecule has 44 heavy (non-hydrogen) atoms. The van der Waals surface area contributed by atoms with Crippen LogP contribution in [0.4, 0.5) is 16.3 Å². The van der Waals surface area contributed by atoms with E-state index < -0.39 is 23.7 Å². The van der Waals surface area contributed by atoms with Gasteiger partial charge in [0.15, 0.2) is 11.5 Å². The Balaban J connectivity index is 1.79. The summed E-state index contributed by atoms with van der Waals surface area (Å²) in [6.07, 6.45) is 1.42. The Morgan fingerprint density at radius 2 is 1.77 bits per heavy atom. The Bertz CT molecular complexity index is 1480. The van der Waals surface area contributed by atoms with E-state index in [4.69, 9.17) is 30.5 Å². The van der Waals surface area contributed by atoms with Crippen LogP contribution in [0.25, 0.3) is 10.9 Å². The van der Waals surface area contributed by atoms with Gasteiger partial charge in [0.2, 0.25) is 5.91 Å². The van der Waals surface area contributed by atoms with E-state index in [9.17, 15) is 14.4 Å². The number of benzene rings is 2. The third kappa shape index (κ3) is 9.87. The normalized spacial score (nSPS) is 11.9. The fraction of sp³-hybridized carbons (Fsp3) is 0.452. The average Bonchev–Trinajstić information content (AvgIpc) is 2.95. The summed E-state index contributed by atoms with van der Waals surface area (Å²) in [6, 6.07) is 7.83. The van der Waals surface area contributed by atoms with Gasteiger partial charge in [-0.2, -0.15) is 0 Å². The van der Waals surface area contributed by atoms with Gasteiger partial charge in [-0.25, -0.2) is 19.6 Å². The number of hydrogen-bond donors (Lipinski definition) is 3. The molecule has 1 unspecified atom stereocenters. The highest BCUT2D eigenvalue weighted by Gasteiger charge is 2.25. The highest BCUT2D eigenvalue weighted by atomic mass is 35.5. The summed E-state index contributed by atoms with van der Waals surface area (Å²) in [5, 5.41) is 9.83. The van der Waals surface area contributed by atoms with E-state index in [0.29, 0.717) is 64.1 Å². The second kappa shape index (κ2) is 15.4. The predicted octanol–water partition coefficient (Wildman–Crippen LogP) is 5.19. The number of alkyl carbamates (subject to hydrolysis) is 1. The van der Waals surface area contributed by atoms with Crippen LogP contribution >= 0.6 is 11.6 Å². The van der Waals surface area contributed by atoms with Crippen LogP contribution in [0.15, 0.2) is 36.7 Å². The number of rotatable bonds is 13. The lowest BCUT2D eigenvalue weighted by Crippen LogP contribution is -2.45.